The molecule has 2 aliphatic rings. The molecule has 1 heterocycles. The highest BCUT2D eigenvalue weighted by Gasteiger charge is 2.44. The SMILES string of the molecule is Cc1cc2c(cc1C)N[C@@H]1CC(C)(C)C[C@H]1C(=O)N2. The molecule has 102 valence electrons. The fourth-order valence-electron chi connectivity index (χ4n) is 3.45. The van der Waals surface area contributed by atoms with E-state index >= 15 is 0 Å². The molecule has 0 unspecified atom stereocenters. The number of fused-ring (bicyclic) bond motifs is 2. The number of carbonyl (C=O) groups excluding carboxylic acids is 1. The topological polar surface area (TPSA) is 41.1 Å². The molecular formula is C16H22N2O. The van der Waals surface area contributed by atoms with Crippen LogP contribution in [0.4, 0.5) is 11.4 Å². The van der Waals surface area contributed by atoms with Gasteiger partial charge in [0.15, 0.2) is 0 Å². The van der Waals surface area contributed by atoms with Crippen LogP contribution < -0.4 is 10.6 Å². The van der Waals surface area contributed by atoms with Crippen molar-refractivity contribution >= 4 is 17.3 Å². The lowest BCUT2D eigenvalue weighted by Gasteiger charge is -2.19. The lowest BCUT2D eigenvalue weighted by Crippen LogP contribution is -2.30. The Balaban J connectivity index is 2.00. The predicted octanol–water partition coefficient (Wildman–Crippen LogP) is 3.47. The van der Waals surface area contributed by atoms with Crippen LogP contribution in [0.25, 0.3) is 0 Å². The third-order valence-corrected chi connectivity index (χ3v) is 4.60. The van der Waals surface area contributed by atoms with Gasteiger partial charge in [-0.25, -0.2) is 0 Å². The molecule has 1 aromatic rings. The average molecular weight is 258 g/mol. The van der Waals surface area contributed by atoms with Gasteiger partial charge in [0.1, 0.15) is 0 Å². The zero-order valence-corrected chi connectivity index (χ0v) is 12.1. The van der Waals surface area contributed by atoms with Gasteiger partial charge in [-0.1, -0.05) is 13.8 Å². The molecule has 0 aromatic heterocycles. The van der Waals surface area contributed by atoms with Crippen LogP contribution in [0.3, 0.4) is 0 Å². The average Bonchev–Trinajstić information content (AvgIpc) is 2.55. The van der Waals surface area contributed by atoms with Crippen molar-refractivity contribution in [1.29, 1.82) is 0 Å². The Labute approximate surface area is 114 Å². The molecule has 1 fully saturated rings. The van der Waals surface area contributed by atoms with E-state index in [1.165, 1.54) is 11.1 Å². The number of hydrogen-bond donors (Lipinski definition) is 2. The molecule has 0 radical (unpaired) electrons. The number of rotatable bonds is 0. The minimum atomic E-state index is 0.0861. The summed E-state index contributed by atoms with van der Waals surface area (Å²) in [5, 5.41) is 6.69. The Kier molecular flexibility index (Phi) is 2.63. The molecule has 0 saturated heterocycles. The highest BCUT2D eigenvalue weighted by molar-refractivity contribution is 5.98. The Hall–Kier alpha value is -1.51. The van der Waals surface area contributed by atoms with Gasteiger partial charge in [0.25, 0.3) is 0 Å². The molecule has 1 aliphatic carbocycles. The van der Waals surface area contributed by atoms with Gasteiger partial charge in [-0.05, 0) is 55.4 Å². The molecule has 3 rings (SSSR count). The standard InChI is InChI=1S/C16H22N2O/c1-9-5-12-13(6-10(9)2)18-15(19)11-7-16(3,4)8-14(11)17-12/h5-6,11,14,17H,7-8H2,1-4H3,(H,18,19)/t11-,14-/m1/s1. The summed E-state index contributed by atoms with van der Waals surface area (Å²) in [6.07, 6.45) is 2.01. The van der Waals surface area contributed by atoms with Crippen LogP contribution in [0.5, 0.6) is 0 Å². The molecule has 19 heavy (non-hydrogen) atoms. The van der Waals surface area contributed by atoms with E-state index in [1.54, 1.807) is 0 Å². The van der Waals surface area contributed by atoms with E-state index in [2.05, 4.69) is 50.5 Å². The summed E-state index contributed by atoms with van der Waals surface area (Å²) in [5.41, 5.74) is 4.73. The van der Waals surface area contributed by atoms with E-state index in [0.29, 0.717) is 0 Å². The van der Waals surface area contributed by atoms with Crippen LogP contribution in [0, 0.1) is 25.2 Å². The predicted molar refractivity (Wildman–Crippen MR) is 78.5 cm³/mol. The lowest BCUT2D eigenvalue weighted by atomic mass is 9.90. The van der Waals surface area contributed by atoms with Crippen LogP contribution in [0.2, 0.25) is 0 Å². The quantitative estimate of drug-likeness (QED) is 0.748. The fourth-order valence-corrected chi connectivity index (χ4v) is 3.45. The highest BCUT2D eigenvalue weighted by Crippen LogP contribution is 2.45. The van der Waals surface area contributed by atoms with E-state index in [0.717, 1.165) is 24.2 Å². The van der Waals surface area contributed by atoms with Gasteiger partial charge in [0.05, 0.1) is 17.3 Å². The zero-order valence-electron chi connectivity index (χ0n) is 12.1. The van der Waals surface area contributed by atoms with Crippen LogP contribution in [-0.2, 0) is 4.79 Å². The zero-order chi connectivity index (χ0) is 13.8. The lowest BCUT2D eigenvalue weighted by molar-refractivity contribution is -0.120. The number of carbonyl (C=O) groups is 1. The van der Waals surface area contributed by atoms with Crippen molar-refractivity contribution in [3.8, 4) is 0 Å². The van der Waals surface area contributed by atoms with Gasteiger partial charge >= 0.3 is 0 Å². The molecule has 3 nitrogen and oxygen atoms in total. The molecule has 0 spiro atoms. The van der Waals surface area contributed by atoms with Gasteiger partial charge in [-0.2, -0.15) is 0 Å². The van der Waals surface area contributed by atoms with Crippen LogP contribution >= 0.6 is 0 Å². The summed E-state index contributed by atoms with van der Waals surface area (Å²) in [7, 11) is 0. The first kappa shape index (κ1) is 12.5. The highest BCUT2D eigenvalue weighted by atomic mass is 16.2. The second kappa shape index (κ2) is 3.99. The third-order valence-electron chi connectivity index (χ3n) is 4.60. The van der Waals surface area contributed by atoms with E-state index in [9.17, 15) is 4.79 Å². The molecular weight excluding hydrogens is 236 g/mol. The smallest absolute Gasteiger partial charge is 0.229 e. The Bertz CT molecular complexity index is 548. The van der Waals surface area contributed by atoms with Gasteiger partial charge in [-0.15, -0.1) is 0 Å². The number of aryl methyl sites for hydroxylation is 2. The second-order valence-electron chi connectivity index (χ2n) is 6.90. The fraction of sp³-hybridized carbons (Fsp3) is 0.562. The van der Waals surface area contributed by atoms with Crippen molar-refractivity contribution in [2.75, 3.05) is 10.6 Å². The Morgan fingerprint density at radius 1 is 1.11 bits per heavy atom. The van der Waals surface area contributed by atoms with Crippen LogP contribution in [0.15, 0.2) is 12.1 Å². The molecule has 1 aromatic carbocycles. The second-order valence-corrected chi connectivity index (χ2v) is 6.90. The minimum Gasteiger partial charge on any atom is -0.380 e. The first-order chi connectivity index (χ1) is 8.85. The van der Waals surface area contributed by atoms with E-state index in [4.69, 9.17) is 0 Å². The Morgan fingerprint density at radius 2 is 1.74 bits per heavy atom. The van der Waals surface area contributed by atoms with Crippen molar-refractivity contribution < 1.29 is 4.79 Å². The molecule has 2 atom stereocenters. The van der Waals surface area contributed by atoms with Crippen molar-refractivity contribution in [1.82, 2.24) is 0 Å². The molecule has 1 saturated carbocycles. The largest absolute Gasteiger partial charge is 0.380 e. The van der Waals surface area contributed by atoms with Gasteiger partial charge in [0, 0.05) is 6.04 Å². The monoisotopic (exact) mass is 258 g/mol. The number of amides is 1. The molecule has 2 N–H and O–H groups in total. The summed E-state index contributed by atoms with van der Waals surface area (Å²) < 4.78 is 0. The van der Waals surface area contributed by atoms with Gasteiger partial charge in [-0.3, -0.25) is 4.79 Å². The van der Waals surface area contributed by atoms with Crippen molar-refractivity contribution in [2.24, 2.45) is 11.3 Å². The van der Waals surface area contributed by atoms with Crippen LogP contribution in [-0.4, -0.2) is 11.9 Å². The summed E-state index contributed by atoms with van der Waals surface area (Å²) in [6.45, 7) is 8.69. The van der Waals surface area contributed by atoms with Crippen molar-refractivity contribution in [3.63, 3.8) is 0 Å². The summed E-state index contributed by atoms with van der Waals surface area (Å²) in [6, 6.07) is 4.48. The number of benzene rings is 1. The molecule has 1 aliphatic heterocycles. The third kappa shape index (κ3) is 2.11. The van der Waals surface area contributed by atoms with Gasteiger partial charge < -0.3 is 10.6 Å². The Morgan fingerprint density at radius 3 is 2.42 bits per heavy atom. The van der Waals surface area contributed by atoms with Crippen molar-refractivity contribution in [3.05, 3.63) is 23.3 Å². The molecule has 3 heteroatoms. The summed E-state index contributed by atoms with van der Waals surface area (Å²) >= 11 is 0. The maximum atomic E-state index is 12.4. The maximum Gasteiger partial charge on any atom is 0.229 e. The normalized spacial score (nSPS) is 27.9. The summed E-state index contributed by atoms with van der Waals surface area (Å²) in [5.74, 6) is 0.257. The number of anilines is 2. The van der Waals surface area contributed by atoms with E-state index < -0.39 is 0 Å². The van der Waals surface area contributed by atoms with E-state index in [-0.39, 0.29) is 23.3 Å². The first-order valence-electron chi connectivity index (χ1n) is 7.04. The molecule has 1 amide bonds. The molecule has 0 bridgehead atoms. The number of nitrogens with one attached hydrogen (secondary N) is 2. The van der Waals surface area contributed by atoms with E-state index in [1.807, 2.05) is 0 Å². The van der Waals surface area contributed by atoms with Gasteiger partial charge in [0.2, 0.25) is 5.91 Å². The van der Waals surface area contributed by atoms with Crippen molar-refractivity contribution in [2.45, 2.75) is 46.6 Å². The first-order valence-corrected chi connectivity index (χ1v) is 7.04. The minimum absolute atomic E-state index is 0.0861. The van der Waals surface area contributed by atoms with Crippen LogP contribution in [0.1, 0.15) is 37.8 Å². The number of hydrogen-bond acceptors (Lipinski definition) is 2. The summed E-state index contributed by atoms with van der Waals surface area (Å²) in [4.78, 5) is 12.4. The maximum absolute atomic E-state index is 12.4.